The van der Waals surface area contributed by atoms with E-state index >= 15 is 0 Å². The summed E-state index contributed by atoms with van der Waals surface area (Å²) in [6.07, 6.45) is 5.49. The summed E-state index contributed by atoms with van der Waals surface area (Å²) in [5.74, 6) is 0.804. The highest BCUT2D eigenvalue weighted by Gasteiger charge is 2.34. The van der Waals surface area contributed by atoms with Crippen LogP contribution in [0.25, 0.3) is 0 Å². The van der Waals surface area contributed by atoms with Gasteiger partial charge in [0.2, 0.25) is 0 Å². The summed E-state index contributed by atoms with van der Waals surface area (Å²) in [5.41, 5.74) is 4.50. The minimum Gasteiger partial charge on any atom is -0.311 e. The number of fused-ring (bicyclic) bond motifs is 2. The molecule has 1 heteroatoms. The van der Waals surface area contributed by atoms with E-state index in [-0.39, 0.29) is 0 Å². The second-order valence-corrected chi connectivity index (χ2v) is 5.67. The van der Waals surface area contributed by atoms with Crippen LogP contribution in [0.3, 0.4) is 0 Å². The van der Waals surface area contributed by atoms with E-state index in [2.05, 4.69) is 37.4 Å². The molecule has 2 bridgehead atoms. The molecule has 1 N–H and O–H groups in total. The Bertz CT molecular complexity index is 384. The molecule has 1 aromatic rings. The smallest absolute Gasteiger partial charge is 0.00760 e. The van der Waals surface area contributed by atoms with E-state index in [4.69, 9.17) is 0 Å². The summed E-state index contributed by atoms with van der Waals surface area (Å²) >= 11 is 0. The summed E-state index contributed by atoms with van der Waals surface area (Å²) in [5, 5.41) is 3.72. The molecular weight excluding hydrogens is 194 g/mol. The van der Waals surface area contributed by atoms with Gasteiger partial charge in [0, 0.05) is 12.1 Å². The predicted octanol–water partition coefficient (Wildman–Crippen LogP) is 3.30. The normalized spacial score (nSPS) is 33.0. The molecule has 0 amide bonds. The highest BCUT2D eigenvalue weighted by atomic mass is 15.0. The maximum atomic E-state index is 3.72. The van der Waals surface area contributed by atoms with Crippen LogP contribution >= 0.6 is 0 Å². The number of piperidine rings is 1. The van der Waals surface area contributed by atoms with Crippen LogP contribution in [0, 0.1) is 13.8 Å². The zero-order valence-corrected chi connectivity index (χ0v) is 10.3. The minimum absolute atomic E-state index is 0.795. The Morgan fingerprint density at radius 1 is 1.06 bits per heavy atom. The van der Waals surface area contributed by atoms with Gasteiger partial charge in [0.15, 0.2) is 0 Å². The molecule has 2 aliphatic rings. The quantitative estimate of drug-likeness (QED) is 0.758. The Kier molecular flexibility index (Phi) is 2.51. The Labute approximate surface area is 98.3 Å². The number of rotatable bonds is 1. The van der Waals surface area contributed by atoms with E-state index in [1.807, 2.05) is 0 Å². The summed E-state index contributed by atoms with van der Waals surface area (Å²) < 4.78 is 0. The second kappa shape index (κ2) is 3.89. The Morgan fingerprint density at radius 3 is 2.44 bits per heavy atom. The highest BCUT2D eigenvalue weighted by molar-refractivity contribution is 5.34. The number of hydrogen-bond acceptors (Lipinski definition) is 1. The lowest BCUT2D eigenvalue weighted by molar-refractivity contribution is 0.362. The largest absolute Gasteiger partial charge is 0.311 e. The SMILES string of the molecule is Cc1ccc(C)c(C2C[C@H]3CC[C@@H](C2)N3)c1. The average molecular weight is 215 g/mol. The fourth-order valence-corrected chi connectivity index (χ4v) is 3.51. The number of nitrogens with one attached hydrogen (secondary N) is 1. The van der Waals surface area contributed by atoms with Gasteiger partial charge in [-0.25, -0.2) is 0 Å². The molecule has 0 spiro atoms. The Balaban J connectivity index is 1.89. The topological polar surface area (TPSA) is 12.0 Å². The first-order valence-electron chi connectivity index (χ1n) is 6.55. The van der Waals surface area contributed by atoms with Crippen LogP contribution in [0.5, 0.6) is 0 Å². The number of benzene rings is 1. The first-order valence-corrected chi connectivity index (χ1v) is 6.55. The van der Waals surface area contributed by atoms with E-state index in [0.717, 1.165) is 18.0 Å². The van der Waals surface area contributed by atoms with Crippen molar-refractivity contribution < 1.29 is 0 Å². The molecule has 2 aliphatic heterocycles. The molecule has 0 aliphatic carbocycles. The van der Waals surface area contributed by atoms with Crippen molar-refractivity contribution in [3.8, 4) is 0 Å². The molecule has 2 fully saturated rings. The molecule has 1 aromatic carbocycles. The first-order chi connectivity index (χ1) is 7.72. The van der Waals surface area contributed by atoms with Crippen LogP contribution in [-0.2, 0) is 0 Å². The van der Waals surface area contributed by atoms with Crippen molar-refractivity contribution in [2.24, 2.45) is 0 Å². The zero-order valence-electron chi connectivity index (χ0n) is 10.3. The van der Waals surface area contributed by atoms with Gasteiger partial charge >= 0.3 is 0 Å². The van der Waals surface area contributed by atoms with E-state index in [1.165, 1.54) is 36.8 Å². The minimum atomic E-state index is 0.795. The maximum absolute atomic E-state index is 3.72. The third-order valence-corrected chi connectivity index (χ3v) is 4.35. The third kappa shape index (κ3) is 1.78. The van der Waals surface area contributed by atoms with Crippen molar-refractivity contribution in [2.75, 3.05) is 0 Å². The van der Waals surface area contributed by atoms with Crippen molar-refractivity contribution in [1.82, 2.24) is 5.32 Å². The molecule has 1 nitrogen and oxygen atoms in total. The molecule has 0 radical (unpaired) electrons. The Hall–Kier alpha value is -0.820. The number of hydrogen-bond donors (Lipinski definition) is 1. The van der Waals surface area contributed by atoms with Crippen molar-refractivity contribution in [2.45, 2.75) is 57.5 Å². The van der Waals surface area contributed by atoms with Gasteiger partial charge in [-0.05, 0) is 56.6 Å². The molecule has 0 aromatic heterocycles. The summed E-state index contributed by atoms with van der Waals surface area (Å²) in [6.45, 7) is 4.47. The molecule has 2 heterocycles. The molecule has 1 unspecified atom stereocenters. The van der Waals surface area contributed by atoms with E-state index in [9.17, 15) is 0 Å². The van der Waals surface area contributed by atoms with Crippen LogP contribution in [0.15, 0.2) is 18.2 Å². The van der Waals surface area contributed by atoms with Gasteiger partial charge in [0.1, 0.15) is 0 Å². The maximum Gasteiger partial charge on any atom is 0.00760 e. The van der Waals surface area contributed by atoms with Gasteiger partial charge in [0.25, 0.3) is 0 Å². The average Bonchev–Trinajstić information content (AvgIpc) is 2.61. The summed E-state index contributed by atoms with van der Waals surface area (Å²) in [6, 6.07) is 8.51. The molecule has 3 rings (SSSR count). The molecule has 16 heavy (non-hydrogen) atoms. The van der Waals surface area contributed by atoms with E-state index < -0.39 is 0 Å². The molecule has 3 atom stereocenters. The summed E-state index contributed by atoms with van der Waals surface area (Å²) in [7, 11) is 0. The van der Waals surface area contributed by atoms with Crippen molar-refractivity contribution >= 4 is 0 Å². The zero-order chi connectivity index (χ0) is 11.1. The lowest BCUT2D eigenvalue weighted by Gasteiger charge is -2.30. The van der Waals surface area contributed by atoms with Gasteiger partial charge in [-0.2, -0.15) is 0 Å². The van der Waals surface area contributed by atoms with Crippen LogP contribution in [-0.4, -0.2) is 12.1 Å². The van der Waals surface area contributed by atoms with Crippen LogP contribution in [0.2, 0.25) is 0 Å². The standard InChI is InChI=1S/C15H21N/c1-10-3-4-11(2)15(7-10)12-8-13-5-6-14(9-12)16-13/h3-4,7,12-14,16H,5-6,8-9H2,1-2H3/t12?,13-,14+. The first kappa shape index (κ1) is 10.3. The Morgan fingerprint density at radius 2 is 1.75 bits per heavy atom. The van der Waals surface area contributed by atoms with E-state index in [1.54, 1.807) is 5.56 Å². The second-order valence-electron chi connectivity index (χ2n) is 5.67. The molecular formula is C15H21N. The van der Waals surface area contributed by atoms with Gasteiger partial charge in [-0.15, -0.1) is 0 Å². The highest BCUT2D eigenvalue weighted by Crippen LogP contribution is 2.38. The molecule has 0 saturated carbocycles. The summed E-state index contributed by atoms with van der Waals surface area (Å²) in [4.78, 5) is 0. The van der Waals surface area contributed by atoms with Gasteiger partial charge in [-0.1, -0.05) is 23.8 Å². The lowest BCUT2D eigenvalue weighted by atomic mass is 9.83. The number of aryl methyl sites for hydroxylation is 2. The van der Waals surface area contributed by atoms with Crippen molar-refractivity contribution in [3.63, 3.8) is 0 Å². The third-order valence-electron chi connectivity index (χ3n) is 4.35. The van der Waals surface area contributed by atoms with Gasteiger partial charge in [-0.3, -0.25) is 0 Å². The lowest BCUT2D eigenvalue weighted by Crippen LogP contribution is -2.37. The fraction of sp³-hybridized carbons (Fsp3) is 0.600. The predicted molar refractivity (Wildman–Crippen MR) is 67.8 cm³/mol. The van der Waals surface area contributed by atoms with Crippen LogP contribution < -0.4 is 5.32 Å². The van der Waals surface area contributed by atoms with Gasteiger partial charge in [0.05, 0.1) is 0 Å². The van der Waals surface area contributed by atoms with Crippen LogP contribution in [0.4, 0.5) is 0 Å². The fourth-order valence-electron chi connectivity index (χ4n) is 3.51. The monoisotopic (exact) mass is 215 g/mol. The molecule has 86 valence electrons. The van der Waals surface area contributed by atoms with Crippen molar-refractivity contribution in [1.29, 1.82) is 0 Å². The van der Waals surface area contributed by atoms with Gasteiger partial charge < -0.3 is 5.32 Å². The van der Waals surface area contributed by atoms with Crippen molar-refractivity contribution in [3.05, 3.63) is 34.9 Å². The molecule has 2 saturated heterocycles. The van der Waals surface area contributed by atoms with Crippen LogP contribution in [0.1, 0.15) is 48.3 Å². The van der Waals surface area contributed by atoms with E-state index in [0.29, 0.717) is 0 Å².